The fourth-order valence-electron chi connectivity index (χ4n) is 1.10. The van der Waals surface area contributed by atoms with Crippen molar-refractivity contribution in [3.63, 3.8) is 0 Å². The third kappa shape index (κ3) is 3.81. The van der Waals surface area contributed by atoms with Crippen LogP contribution in [0, 0.1) is 12.3 Å². The fourth-order valence-corrected chi connectivity index (χ4v) is 1.10. The lowest BCUT2D eigenvalue weighted by Crippen LogP contribution is -2.33. The molecule has 0 aromatic carbocycles. The highest BCUT2D eigenvalue weighted by molar-refractivity contribution is 5.76. The summed E-state index contributed by atoms with van der Waals surface area (Å²) >= 11 is 0. The molecule has 0 saturated carbocycles. The summed E-state index contributed by atoms with van der Waals surface area (Å²) in [5.41, 5.74) is 0. The Balaban J connectivity index is 2.28. The molecule has 5 nitrogen and oxygen atoms in total. The summed E-state index contributed by atoms with van der Waals surface area (Å²) in [6.07, 6.45) is 9.63. The largest absolute Gasteiger partial charge is 0.342 e. The van der Waals surface area contributed by atoms with Crippen LogP contribution in [0.1, 0.15) is 19.8 Å². The summed E-state index contributed by atoms with van der Waals surface area (Å²) in [4.78, 5) is 11.4. The van der Waals surface area contributed by atoms with E-state index in [4.69, 9.17) is 6.42 Å². The molecule has 0 radical (unpaired) electrons. The Morgan fingerprint density at radius 1 is 1.73 bits per heavy atom. The van der Waals surface area contributed by atoms with Crippen LogP contribution in [-0.4, -0.2) is 26.9 Å². The van der Waals surface area contributed by atoms with Gasteiger partial charge in [0.25, 0.3) is 0 Å². The van der Waals surface area contributed by atoms with Gasteiger partial charge in [-0.3, -0.25) is 9.48 Å². The number of amides is 1. The van der Waals surface area contributed by atoms with E-state index in [9.17, 15) is 4.79 Å². The topological polar surface area (TPSA) is 59.8 Å². The zero-order valence-electron chi connectivity index (χ0n) is 8.68. The van der Waals surface area contributed by atoms with Gasteiger partial charge in [-0.25, -0.2) is 0 Å². The third-order valence-electron chi connectivity index (χ3n) is 1.98. The van der Waals surface area contributed by atoms with E-state index in [1.807, 2.05) is 6.92 Å². The van der Waals surface area contributed by atoms with Crippen molar-refractivity contribution in [2.45, 2.75) is 32.4 Å². The SMILES string of the molecule is C#CC(CC)NC(=O)CCn1ccnn1. The van der Waals surface area contributed by atoms with Gasteiger partial charge in [-0.1, -0.05) is 18.1 Å². The highest BCUT2D eigenvalue weighted by Crippen LogP contribution is 1.92. The number of terminal acetylenes is 1. The smallest absolute Gasteiger partial charge is 0.222 e. The first-order chi connectivity index (χ1) is 7.26. The van der Waals surface area contributed by atoms with E-state index in [0.717, 1.165) is 6.42 Å². The second-order valence-corrected chi connectivity index (χ2v) is 3.11. The molecule has 1 aromatic heterocycles. The number of carbonyl (C=O) groups is 1. The predicted molar refractivity (Wildman–Crippen MR) is 55.7 cm³/mol. The molecule has 1 rings (SSSR count). The van der Waals surface area contributed by atoms with Gasteiger partial charge in [-0.2, -0.15) is 0 Å². The highest BCUT2D eigenvalue weighted by atomic mass is 16.1. The van der Waals surface area contributed by atoms with Crippen LogP contribution >= 0.6 is 0 Å². The van der Waals surface area contributed by atoms with Crippen molar-refractivity contribution in [3.8, 4) is 12.3 Å². The standard InChI is InChI=1S/C10H14N4O/c1-3-9(4-2)12-10(15)5-7-14-8-6-11-13-14/h1,6,8-9H,4-5,7H2,2H3,(H,12,15). The Morgan fingerprint density at radius 3 is 3.07 bits per heavy atom. The number of aryl methyl sites for hydroxylation is 1. The maximum Gasteiger partial charge on any atom is 0.222 e. The number of rotatable bonds is 5. The molecule has 1 unspecified atom stereocenters. The van der Waals surface area contributed by atoms with Gasteiger partial charge in [0.15, 0.2) is 0 Å². The number of aromatic nitrogens is 3. The van der Waals surface area contributed by atoms with Crippen molar-refractivity contribution >= 4 is 5.91 Å². The van der Waals surface area contributed by atoms with Gasteiger partial charge in [-0.15, -0.1) is 11.5 Å². The van der Waals surface area contributed by atoms with Crippen LogP contribution in [0.3, 0.4) is 0 Å². The molecule has 80 valence electrons. The Kier molecular flexibility index (Phi) is 4.35. The van der Waals surface area contributed by atoms with E-state index in [2.05, 4.69) is 21.5 Å². The van der Waals surface area contributed by atoms with E-state index < -0.39 is 0 Å². The molecule has 0 saturated heterocycles. The van der Waals surface area contributed by atoms with Crippen molar-refractivity contribution in [2.24, 2.45) is 0 Å². The minimum atomic E-state index is -0.173. The Morgan fingerprint density at radius 2 is 2.53 bits per heavy atom. The Bertz CT molecular complexity index is 339. The van der Waals surface area contributed by atoms with Crippen LogP contribution in [-0.2, 0) is 11.3 Å². The second-order valence-electron chi connectivity index (χ2n) is 3.11. The van der Waals surface area contributed by atoms with Crippen molar-refractivity contribution in [3.05, 3.63) is 12.4 Å². The summed E-state index contributed by atoms with van der Waals surface area (Å²) in [6.45, 7) is 2.45. The van der Waals surface area contributed by atoms with Gasteiger partial charge in [0.05, 0.1) is 18.8 Å². The van der Waals surface area contributed by atoms with Crippen LogP contribution in [0.25, 0.3) is 0 Å². The zero-order valence-corrected chi connectivity index (χ0v) is 8.68. The van der Waals surface area contributed by atoms with Gasteiger partial charge in [0.2, 0.25) is 5.91 Å². The number of carbonyl (C=O) groups excluding carboxylic acids is 1. The molecular weight excluding hydrogens is 192 g/mol. The first-order valence-electron chi connectivity index (χ1n) is 4.86. The monoisotopic (exact) mass is 206 g/mol. The highest BCUT2D eigenvalue weighted by Gasteiger charge is 2.07. The molecular formula is C10H14N4O. The van der Waals surface area contributed by atoms with E-state index in [-0.39, 0.29) is 11.9 Å². The predicted octanol–water partition coefficient (Wildman–Crippen LogP) is 0.196. The van der Waals surface area contributed by atoms with Gasteiger partial charge < -0.3 is 5.32 Å². The fraction of sp³-hybridized carbons (Fsp3) is 0.500. The average Bonchev–Trinajstić information content (AvgIpc) is 2.75. The minimum Gasteiger partial charge on any atom is -0.342 e. The van der Waals surface area contributed by atoms with E-state index in [1.54, 1.807) is 17.1 Å². The lowest BCUT2D eigenvalue weighted by atomic mass is 10.2. The summed E-state index contributed by atoms with van der Waals surface area (Å²) < 4.78 is 1.61. The summed E-state index contributed by atoms with van der Waals surface area (Å²) in [6, 6.07) is -0.173. The summed E-state index contributed by atoms with van der Waals surface area (Å²) in [5.74, 6) is 2.45. The molecule has 0 aliphatic carbocycles. The number of nitrogens with one attached hydrogen (secondary N) is 1. The van der Waals surface area contributed by atoms with Gasteiger partial charge in [0, 0.05) is 12.6 Å². The number of nitrogens with zero attached hydrogens (tertiary/aromatic N) is 3. The van der Waals surface area contributed by atoms with Crippen LogP contribution < -0.4 is 5.32 Å². The molecule has 0 bridgehead atoms. The Labute approximate surface area is 88.9 Å². The molecule has 0 aliphatic rings. The van der Waals surface area contributed by atoms with Crippen molar-refractivity contribution < 1.29 is 4.79 Å². The summed E-state index contributed by atoms with van der Waals surface area (Å²) in [7, 11) is 0. The van der Waals surface area contributed by atoms with Crippen LogP contribution in [0.15, 0.2) is 12.4 Å². The first-order valence-corrected chi connectivity index (χ1v) is 4.86. The summed E-state index contributed by atoms with van der Waals surface area (Å²) in [5, 5.41) is 10.1. The number of hydrogen-bond donors (Lipinski definition) is 1. The normalized spacial score (nSPS) is 11.7. The van der Waals surface area contributed by atoms with Crippen LogP contribution in [0.4, 0.5) is 0 Å². The molecule has 15 heavy (non-hydrogen) atoms. The second kappa shape index (κ2) is 5.81. The lowest BCUT2D eigenvalue weighted by molar-refractivity contribution is -0.121. The van der Waals surface area contributed by atoms with Crippen LogP contribution in [0.2, 0.25) is 0 Å². The molecule has 5 heteroatoms. The van der Waals surface area contributed by atoms with Gasteiger partial charge in [0.1, 0.15) is 0 Å². The molecule has 1 N–H and O–H groups in total. The average molecular weight is 206 g/mol. The molecule has 1 amide bonds. The molecule has 1 heterocycles. The van der Waals surface area contributed by atoms with Crippen molar-refractivity contribution in [2.75, 3.05) is 0 Å². The molecule has 0 spiro atoms. The Hall–Kier alpha value is -1.83. The third-order valence-corrected chi connectivity index (χ3v) is 1.98. The van der Waals surface area contributed by atoms with Gasteiger partial charge in [-0.05, 0) is 6.42 Å². The van der Waals surface area contributed by atoms with Crippen LogP contribution in [0.5, 0.6) is 0 Å². The van der Waals surface area contributed by atoms with Crippen molar-refractivity contribution in [1.82, 2.24) is 20.3 Å². The molecule has 0 fully saturated rings. The van der Waals surface area contributed by atoms with E-state index in [0.29, 0.717) is 13.0 Å². The first kappa shape index (κ1) is 11.2. The quantitative estimate of drug-likeness (QED) is 0.700. The van der Waals surface area contributed by atoms with Crippen molar-refractivity contribution in [1.29, 1.82) is 0 Å². The minimum absolute atomic E-state index is 0.0599. The molecule has 0 aliphatic heterocycles. The molecule has 1 atom stereocenters. The lowest BCUT2D eigenvalue weighted by Gasteiger charge is -2.10. The maximum absolute atomic E-state index is 11.4. The molecule has 1 aromatic rings. The van der Waals surface area contributed by atoms with E-state index >= 15 is 0 Å². The van der Waals surface area contributed by atoms with E-state index in [1.165, 1.54) is 0 Å². The zero-order chi connectivity index (χ0) is 11.1. The maximum atomic E-state index is 11.4. The van der Waals surface area contributed by atoms with Gasteiger partial charge >= 0.3 is 0 Å². The number of hydrogen-bond acceptors (Lipinski definition) is 3.